The molecule has 6 nitrogen and oxygen atoms in total. The number of hydrogen-bond acceptors (Lipinski definition) is 5. The summed E-state index contributed by atoms with van der Waals surface area (Å²) in [7, 11) is -4.50. The molecular weight excluding hydrogens is 364 g/mol. The largest absolute Gasteiger partial charge is 0.506 e. The van der Waals surface area contributed by atoms with Gasteiger partial charge in [-0.1, -0.05) is 54.6 Å². The Morgan fingerprint density at radius 3 is 2.07 bits per heavy atom. The monoisotopic (exact) mass is 378 g/mol. The number of rotatable bonds is 3. The molecular formula is C20H14N2O4S. The number of hydrogen-bond donors (Lipinski definition) is 2. The van der Waals surface area contributed by atoms with Crippen LogP contribution in [0.3, 0.4) is 0 Å². The van der Waals surface area contributed by atoms with Crippen LogP contribution in [-0.2, 0) is 10.1 Å². The molecule has 4 rings (SSSR count). The van der Waals surface area contributed by atoms with E-state index in [0.717, 1.165) is 10.8 Å². The normalized spacial score (nSPS) is 12.2. The summed E-state index contributed by atoms with van der Waals surface area (Å²) in [4.78, 5) is -0.343. The molecule has 0 unspecified atom stereocenters. The molecule has 0 fully saturated rings. The van der Waals surface area contributed by atoms with Crippen LogP contribution in [0.5, 0.6) is 5.75 Å². The van der Waals surface area contributed by atoms with Gasteiger partial charge in [0.2, 0.25) is 0 Å². The molecule has 27 heavy (non-hydrogen) atoms. The van der Waals surface area contributed by atoms with E-state index in [0.29, 0.717) is 10.8 Å². The summed E-state index contributed by atoms with van der Waals surface area (Å²) >= 11 is 0. The number of fused-ring (bicyclic) bond motifs is 2. The quantitative estimate of drug-likeness (QED) is 0.370. The molecule has 7 heteroatoms. The molecule has 4 aromatic carbocycles. The van der Waals surface area contributed by atoms with Crippen LogP contribution in [0.15, 0.2) is 87.9 Å². The summed E-state index contributed by atoms with van der Waals surface area (Å²) in [6, 6.07) is 20.6. The highest BCUT2D eigenvalue weighted by Gasteiger charge is 2.17. The molecule has 0 bridgehead atoms. The van der Waals surface area contributed by atoms with Gasteiger partial charge in [0, 0.05) is 5.39 Å². The first-order valence-electron chi connectivity index (χ1n) is 8.06. The van der Waals surface area contributed by atoms with Gasteiger partial charge in [0.25, 0.3) is 10.1 Å². The third-order valence-electron chi connectivity index (χ3n) is 4.24. The van der Waals surface area contributed by atoms with E-state index in [4.69, 9.17) is 0 Å². The predicted molar refractivity (Wildman–Crippen MR) is 104 cm³/mol. The zero-order chi connectivity index (χ0) is 19.0. The molecule has 0 spiro atoms. The van der Waals surface area contributed by atoms with Crippen LogP contribution < -0.4 is 0 Å². The second-order valence-electron chi connectivity index (χ2n) is 6.00. The van der Waals surface area contributed by atoms with E-state index in [1.165, 1.54) is 18.2 Å². The third-order valence-corrected chi connectivity index (χ3v) is 5.13. The molecule has 4 aromatic rings. The Labute approximate surface area is 155 Å². The number of phenolic OH excluding ortho intramolecular Hbond substituents is 1. The van der Waals surface area contributed by atoms with Crippen LogP contribution in [0.25, 0.3) is 21.5 Å². The fraction of sp³-hybridized carbons (Fsp3) is 0. The minimum absolute atomic E-state index is 0.0106. The van der Waals surface area contributed by atoms with Crippen molar-refractivity contribution in [3.8, 4) is 5.75 Å². The lowest BCUT2D eigenvalue weighted by Gasteiger charge is -2.06. The molecule has 0 aliphatic carbocycles. The van der Waals surface area contributed by atoms with Crippen LogP contribution in [0.2, 0.25) is 0 Å². The minimum Gasteiger partial charge on any atom is -0.506 e. The summed E-state index contributed by atoms with van der Waals surface area (Å²) in [5.41, 5.74) is 0.214. The van der Waals surface area contributed by atoms with Crippen molar-refractivity contribution in [1.82, 2.24) is 0 Å². The Morgan fingerprint density at radius 1 is 0.741 bits per heavy atom. The number of aromatic hydroxyl groups is 1. The smallest absolute Gasteiger partial charge is 0.296 e. The van der Waals surface area contributed by atoms with E-state index in [1.54, 1.807) is 36.4 Å². The molecule has 0 aliphatic heterocycles. The van der Waals surface area contributed by atoms with E-state index in [9.17, 15) is 18.1 Å². The van der Waals surface area contributed by atoms with Crippen molar-refractivity contribution >= 4 is 43.0 Å². The Bertz CT molecular complexity index is 1310. The van der Waals surface area contributed by atoms with E-state index in [1.807, 2.05) is 18.2 Å². The molecule has 0 atom stereocenters. The number of nitrogens with zero attached hydrogens (tertiary/aromatic N) is 2. The van der Waals surface area contributed by atoms with Gasteiger partial charge >= 0.3 is 0 Å². The third kappa shape index (κ3) is 3.25. The van der Waals surface area contributed by atoms with Crippen LogP contribution in [0, 0.1) is 0 Å². The molecule has 0 aliphatic rings. The number of benzene rings is 4. The summed E-state index contributed by atoms with van der Waals surface area (Å²) < 4.78 is 33.2. The van der Waals surface area contributed by atoms with Gasteiger partial charge in [-0.25, -0.2) is 0 Å². The lowest BCUT2D eigenvalue weighted by Crippen LogP contribution is -1.98. The van der Waals surface area contributed by atoms with Crippen molar-refractivity contribution in [1.29, 1.82) is 0 Å². The highest BCUT2D eigenvalue weighted by atomic mass is 32.2. The van der Waals surface area contributed by atoms with Crippen LogP contribution in [0.1, 0.15) is 0 Å². The highest BCUT2D eigenvalue weighted by Crippen LogP contribution is 2.37. The van der Waals surface area contributed by atoms with E-state index >= 15 is 0 Å². The molecule has 0 saturated carbocycles. The zero-order valence-electron chi connectivity index (χ0n) is 13.9. The van der Waals surface area contributed by atoms with Gasteiger partial charge in [-0.05, 0) is 34.4 Å². The Morgan fingerprint density at radius 2 is 1.37 bits per heavy atom. The Hall–Kier alpha value is -3.29. The fourth-order valence-corrected chi connectivity index (χ4v) is 3.58. The lowest BCUT2D eigenvalue weighted by molar-refractivity contribution is 0.477. The van der Waals surface area contributed by atoms with Gasteiger partial charge in [-0.2, -0.15) is 8.42 Å². The lowest BCUT2D eigenvalue weighted by atomic mass is 10.1. The molecule has 0 radical (unpaired) electrons. The van der Waals surface area contributed by atoms with Crippen molar-refractivity contribution in [3.63, 3.8) is 0 Å². The van der Waals surface area contributed by atoms with Crippen molar-refractivity contribution in [3.05, 3.63) is 72.8 Å². The highest BCUT2D eigenvalue weighted by molar-refractivity contribution is 7.86. The van der Waals surface area contributed by atoms with Crippen molar-refractivity contribution < 1.29 is 18.1 Å². The first-order valence-corrected chi connectivity index (χ1v) is 9.50. The first kappa shape index (κ1) is 17.1. The maximum absolute atomic E-state index is 11.8. The van der Waals surface area contributed by atoms with Gasteiger partial charge in [0.05, 0.1) is 0 Å². The number of azo groups is 1. The van der Waals surface area contributed by atoms with E-state index in [-0.39, 0.29) is 22.0 Å². The molecule has 134 valence electrons. The first-order chi connectivity index (χ1) is 12.9. The maximum atomic E-state index is 11.8. The summed E-state index contributed by atoms with van der Waals surface area (Å²) in [5, 5.41) is 21.2. The van der Waals surface area contributed by atoms with Crippen LogP contribution >= 0.6 is 0 Å². The van der Waals surface area contributed by atoms with Crippen LogP contribution in [0.4, 0.5) is 11.4 Å². The van der Waals surface area contributed by atoms with Gasteiger partial charge in [0.15, 0.2) is 0 Å². The van der Waals surface area contributed by atoms with E-state index in [2.05, 4.69) is 10.2 Å². The second kappa shape index (κ2) is 6.46. The predicted octanol–water partition coefficient (Wildman–Crippen LogP) is 5.36. The maximum Gasteiger partial charge on any atom is 0.296 e. The average molecular weight is 378 g/mol. The molecule has 0 saturated heterocycles. The van der Waals surface area contributed by atoms with Crippen molar-refractivity contribution in [2.24, 2.45) is 10.2 Å². The van der Waals surface area contributed by atoms with E-state index < -0.39 is 10.1 Å². The number of phenols is 1. The Kier molecular flexibility index (Phi) is 4.10. The standard InChI is InChI=1S/C20H14N2O4S/c23-18-10-9-13-5-3-4-8-16(13)20(18)22-21-17-11-14-6-1-2-7-15(14)12-19(17)27(24,25)26/h1-12,23H,(H,24,25,26)/b22-21+. The second-order valence-corrected chi connectivity index (χ2v) is 7.39. The van der Waals surface area contributed by atoms with Crippen LogP contribution in [-0.4, -0.2) is 18.1 Å². The molecule has 0 amide bonds. The fourth-order valence-electron chi connectivity index (χ4n) is 2.94. The summed E-state index contributed by atoms with van der Waals surface area (Å²) in [5.74, 6) is -0.0772. The summed E-state index contributed by atoms with van der Waals surface area (Å²) in [6.07, 6.45) is 0. The SMILES string of the molecule is O=S(=O)(O)c1cc2ccccc2cc1/N=N/c1c(O)ccc2ccccc12. The average Bonchev–Trinajstić information content (AvgIpc) is 2.66. The van der Waals surface area contributed by atoms with Gasteiger partial charge in [-0.3, -0.25) is 4.55 Å². The van der Waals surface area contributed by atoms with Gasteiger partial charge in [-0.15, -0.1) is 10.2 Å². The topological polar surface area (TPSA) is 99.3 Å². The zero-order valence-corrected chi connectivity index (χ0v) is 14.8. The minimum atomic E-state index is -4.50. The Balaban J connectivity index is 1.93. The molecule has 2 N–H and O–H groups in total. The van der Waals surface area contributed by atoms with Crippen molar-refractivity contribution in [2.75, 3.05) is 0 Å². The van der Waals surface area contributed by atoms with Crippen molar-refractivity contribution in [2.45, 2.75) is 4.90 Å². The summed E-state index contributed by atoms with van der Waals surface area (Å²) in [6.45, 7) is 0. The van der Waals surface area contributed by atoms with Gasteiger partial charge in [0.1, 0.15) is 22.0 Å². The molecule has 0 aromatic heterocycles. The molecule has 0 heterocycles. The van der Waals surface area contributed by atoms with Gasteiger partial charge < -0.3 is 5.11 Å².